The Kier molecular flexibility index (Phi) is 27.8. The summed E-state index contributed by atoms with van der Waals surface area (Å²) in [5, 5.41) is 35.4. The number of rotatable bonds is 33. The maximum atomic E-state index is 13.7. The van der Waals surface area contributed by atoms with Crippen LogP contribution in [0, 0.1) is 13.8 Å². The number of imide groups is 4. The van der Waals surface area contributed by atoms with Crippen LogP contribution in [0.5, 0.6) is 17.2 Å². The molecule has 2 aromatic heterocycles. The van der Waals surface area contributed by atoms with E-state index >= 15 is 0 Å². The third-order valence-corrected chi connectivity index (χ3v) is 24.2. The van der Waals surface area contributed by atoms with Crippen LogP contribution >= 0.6 is 0 Å². The molecule has 2 saturated heterocycles. The highest BCUT2D eigenvalue weighted by molar-refractivity contribution is 6.26. The molecule has 6 aliphatic heterocycles. The molecule has 4 atom stereocenters. The molecule has 123 heavy (non-hydrogen) atoms. The first-order valence-corrected chi connectivity index (χ1v) is 42.9. The number of carboxylic acid groups (broad SMARTS) is 1. The van der Waals surface area contributed by atoms with Crippen LogP contribution in [0.1, 0.15) is 252 Å². The van der Waals surface area contributed by atoms with Gasteiger partial charge in [0.2, 0.25) is 29.5 Å². The number of carbonyl (C=O) groups excluding carboxylic acids is 11. The van der Waals surface area contributed by atoms with E-state index < -0.39 is 65.3 Å². The number of unbranched alkanes of at least 4 members (excludes halogenated alkanes) is 5. The molecule has 16 rings (SSSR count). The van der Waals surface area contributed by atoms with E-state index in [1.54, 1.807) is 61.7 Å². The minimum absolute atomic E-state index is 0.0377. The predicted molar refractivity (Wildman–Crippen MR) is 454 cm³/mol. The van der Waals surface area contributed by atoms with Gasteiger partial charge in [0.25, 0.3) is 35.4 Å². The Morgan fingerprint density at radius 3 is 1.63 bits per heavy atom. The number of imidazole rings is 2. The minimum Gasteiger partial charge on any atom is -0.496 e. The number of aryl methyl sites for hydroxylation is 7. The first-order chi connectivity index (χ1) is 59.6. The first kappa shape index (κ1) is 86.7. The van der Waals surface area contributed by atoms with Gasteiger partial charge in [0.05, 0.1) is 72.7 Å². The molecule has 30 nitrogen and oxygen atoms in total. The summed E-state index contributed by atoms with van der Waals surface area (Å²) in [4.78, 5) is 161. The molecular formula is C93H105N13O17. The first-order valence-electron chi connectivity index (χ1n) is 42.9. The van der Waals surface area contributed by atoms with Crippen molar-refractivity contribution in [3.63, 3.8) is 0 Å². The molecule has 8 aliphatic rings. The van der Waals surface area contributed by atoms with Crippen molar-refractivity contribution in [2.24, 2.45) is 5.73 Å². The summed E-state index contributed by atoms with van der Waals surface area (Å²) in [6, 6.07) is 27.9. The van der Waals surface area contributed by atoms with Crippen molar-refractivity contribution in [3.05, 3.63) is 199 Å². The van der Waals surface area contributed by atoms with Gasteiger partial charge in [0.1, 0.15) is 41.0 Å². The van der Waals surface area contributed by atoms with Gasteiger partial charge in [-0.3, -0.25) is 78.0 Å². The number of nitrogens with one attached hydrogen (secondary N) is 6. The number of methoxy groups -OCH3 is 1. The number of aliphatic hydroxyl groups excluding tert-OH is 1. The summed E-state index contributed by atoms with van der Waals surface area (Å²) in [5.41, 5.74) is 20.1. The van der Waals surface area contributed by atoms with E-state index in [1.807, 2.05) is 19.9 Å². The number of carboxylic acids is 1. The summed E-state index contributed by atoms with van der Waals surface area (Å²) >= 11 is 0. The van der Waals surface area contributed by atoms with Crippen molar-refractivity contribution >= 4 is 76.6 Å². The highest BCUT2D eigenvalue weighted by Gasteiger charge is 2.47. The fourth-order valence-corrected chi connectivity index (χ4v) is 17.5. The molecule has 2 unspecified atom stereocenters. The van der Waals surface area contributed by atoms with Crippen LogP contribution in [0.3, 0.4) is 0 Å². The third-order valence-electron chi connectivity index (χ3n) is 24.2. The Bertz CT molecular complexity index is 5410. The van der Waals surface area contributed by atoms with Gasteiger partial charge in [-0.05, 0) is 210 Å². The Morgan fingerprint density at radius 2 is 1.07 bits per heavy atom. The van der Waals surface area contributed by atoms with E-state index in [2.05, 4.69) is 89.8 Å². The average molecular weight is 1680 g/mol. The SMILES string of the molecule is COc1cc(C(=O)N[C@@H]2CCc3ccc(-c4cn5c(n4)CCC5)cc32)cc(OCCCNC(=O)CCCCCCc2cccc3c2C(=O)N(C2CCC(=O)NC2=O)C3=O)c1C.Cc1c(CO)cc(C(=O)N[C@@H]2CCc3ccc(-c4cn5c(n4)CCC5)cc32)cc1OCCCN.O=C(O)CCCCCNc1cccc2c1C(=O)N(C1CCC(=O)NC1=O)C2=O. The number of ether oxygens (including phenoxy) is 3. The van der Waals surface area contributed by atoms with Crippen LogP contribution in [0.15, 0.2) is 109 Å². The Balaban J connectivity index is 0.000000167. The molecule has 6 aromatic carbocycles. The maximum absolute atomic E-state index is 13.7. The molecule has 0 saturated carbocycles. The number of aliphatic carboxylic acids is 1. The molecule has 11 amide bonds. The van der Waals surface area contributed by atoms with Crippen LogP contribution in [-0.2, 0) is 80.6 Å². The number of benzene rings is 6. The van der Waals surface area contributed by atoms with E-state index in [-0.39, 0.29) is 85.2 Å². The molecule has 2 fully saturated rings. The monoisotopic (exact) mass is 1680 g/mol. The van der Waals surface area contributed by atoms with Crippen LogP contribution < -0.4 is 51.8 Å². The number of aromatic nitrogens is 4. The van der Waals surface area contributed by atoms with E-state index in [0.717, 1.165) is 175 Å². The lowest BCUT2D eigenvalue weighted by Gasteiger charge is -2.27. The van der Waals surface area contributed by atoms with E-state index in [9.17, 15) is 62.6 Å². The summed E-state index contributed by atoms with van der Waals surface area (Å²) < 4.78 is 22.1. The van der Waals surface area contributed by atoms with Crippen molar-refractivity contribution in [1.29, 1.82) is 0 Å². The van der Waals surface area contributed by atoms with E-state index in [0.29, 0.717) is 110 Å². The molecule has 0 radical (unpaired) electrons. The number of hydrogen-bond donors (Lipinski definition) is 9. The minimum atomic E-state index is -0.993. The van der Waals surface area contributed by atoms with Gasteiger partial charge in [0.15, 0.2) is 0 Å². The summed E-state index contributed by atoms with van der Waals surface area (Å²) in [7, 11) is 1.57. The number of aliphatic hydroxyl groups is 1. The van der Waals surface area contributed by atoms with Crippen LogP contribution in [0.2, 0.25) is 0 Å². The second kappa shape index (κ2) is 39.4. The Hall–Kier alpha value is -12.7. The molecule has 8 heterocycles. The van der Waals surface area contributed by atoms with Crippen LogP contribution in [0.25, 0.3) is 22.5 Å². The fourth-order valence-electron chi connectivity index (χ4n) is 17.5. The second-order valence-corrected chi connectivity index (χ2v) is 32.4. The molecule has 10 N–H and O–H groups in total. The number of hydrogen-bond acceptors (Lipinski definition) is 20. The molecular weight excluding hydrogens is 1570 g/mol. The number of piperidine rings is 2. The lowest BCUT2D eigenvalue weighted by Crippen LogP contribution is -2.54. The highest BCUT2D eigenvalue weighted by atomic mass is 16.5. The lowest BCUT2D eigenvalue weighted by atomic mass is 9.97. The molecule has 8 aromatic rings. The number of nitrogens with two attached hydrogens (primary N) is 1. The fraction of sp³-hybridized carbons (Fsp3) is 0.419. The maximum Gasteiger partial charge on any atom is 0.303 e. The van der Waals surface area contributed by atoms with Gasteiger partial charge in [0, 0.05) is 111 Å². The largest absolute Gasteiger partial charge is 0.496 e. The van der Waals surface area contributed by atoms with Crippen molar-refractivity contribution in [2.75, 3.05) is 45.3 Å². The zero-order valence-electron chi connectivity index (χ0n) is 69.6. The molecule has 30 heteroatoms. The van der Waals surface area contributed by atoms with Crippen molar-refractivity contribution in [3.8, 4) is 39.8 Å². The normalized spacial score (nSPS) is 17.7. The lowest BCUT2D eigenvalue weighted by molar-refractivity contribution is -0.138. The van der Waals surface area contributed by atoms with Gasteiger partial charge in [-0.25, -0.2) is 9.97 Å². The van der Waals surface area contributed by atoms with Gasteiger partial charge < -0.3 is 60.6 Å². The van der Waals surface area contributed by atoms with Crippen LogP contribution in [0.4, 0.5) is 5.69 Å². The quantitative estimate of drug-likeness (QED) is 0.0136. The van der Waals surface area contributed by atoms with E-state index in [1.165, 1.54) is 11.1 Å². The van der Waals surface area contributed by atoms with Gasteiger partial charge in [-0.15, -0.1) is 0 Å². The Labute approximate surface area is 712 Å². The van der Waals surface area contributed by atoms with Crippen molar-refractivity contribution < 1.29 is 82.0 Å². The number of anilines is 1. The van der Waals surface area contributed by atoms with Gasteiger partial charge >= 0.3 is 5.97 Å². The molecule has 0 spiro atoms. The third kappa shape index (κ3) is 19.8. The number of amides is 11. The number of carbonyl (C=O) groups is 12. The zero-order chi connectivity index (χ0) is 86.5. The summed E-state index contributed by atoms with van der Waals surface area (Å²) in [6.07, 6.45) is 20.1. The summed E-state index contributed by atoms with van der Waals surface area (Å²) in [5.74, 6) is -1.39. The Morgan fingerprint density at radius 1 is 0.537 bits per heavy atom. The zero-order valence-corrected chi connectivity index (χ0v) is 69.6. The molecule has 2 aliphatic carbocycles. The predicted octanol–water partition coefficient (Wildman–Crippen LogP) is 10.3. The average Bonchev–Trinajstić information content (AvgIpc) is 1.61. The highest BCUT2D eigenvalue weighted by Crippen LogP contribution is 2.40. The van der Waals surface area contributed by atoms with Gasteiger partial charge in [-0.1, -0.05) is 61.7 Å². The summed E-state index contributed by atoms with van der Waals surface area (Å²) in [6.45, 7) is 8.01. The van der Waals surface area contributed by atoms with E-state index in [4.69, 9.17) is 35.0 Å². The smallest absolute Gasteiger partial charge is 0.303 e. The van der Waals surface area contributed by atoms with Gasteiger partial charge in [-0.2, -0.15) is 0 Å². The van der Waals surface area contributed by atoms with Crippen LogP contribution in [-0.4, -0.2) is 162 Å². The number of nitrogens with zero attached hydrogens (tertiary/aromatic N) is 6. The van der Waals surface area contributed by atoms with Crippen molar-refractivity contribution in [1.82, 2.24) is 55.5 Å². The molecule has 0 bridgehead atoms. The second-order valence-electron chi connectivity index (χ2n) is 32.4. The molecule has 644 valence electrons. The standard InChI is InChI=1S/C47H52N6O8.C27H32N4O3.C19H21N3O6/c1-28-38(60-2)25-32(44(56)50-35-18-17-29-15-16-31(24-34(29)35)36-27-52-22-8-13-40(52)49-36)26-39(28)61-23-9-21-48-41(54)14-6-4-3-5-10-30-11-7-12-33-43(30)47(59)53(46(33)58)37-19-20-42(55)51-45(37)57;1-17-21(16-32)12-20(14-25(17)34-11-3-9-28)27(33)30-23-8-7-18-5-6-19(13-22(18)23)24-15-31-10-2-4-26(31)29-24;23-14-9-8-13(17(26)21-14)22-18(27)11-5-4-6-12(16(11)19(22)28)20-10-3-1-2-7-15(24)25/h7,11-12,15-16,24-27,35,37H,3-6,8-10,13-14,17-23H2,1-2H3,(H,48,54)(H,50,56)(H,51,55,57);5-6,12-15,23,32H,2-4,7-11,16,28H2,1H3,(H,30,33);4-6,13,20H,1-3,7-10H2,(H,24,25)(H,21,23,26)/t35-,37?;23-;/m11./s1. The van der Waals surface area contributed by atoms with Crippen molar-refractivity contribution in [2.45, 2.75) is 212 Å². The topological polar surface area (TPSA) is 413 Å². The number of fused-ring (bicyclic) bond motifs is 6.